The Morgan fingerprint density at radius 1 is 1.17 bits per heavy atom. The lowest BCUT2D eigenvalue weighted by Crippen LogP contribution is -2.50. The zero-order valence-corrected chi connectivity index (χ0v) is 17.7. The van der Waals surface area contributed by atoms with Crippen LogP contribution < -0.4 is 20.3 Å². The number of amides is 1. The summed E-state index contributed by atoms with van der Waals surface area (Å²) in [5.41, 5.74) is 2.87. The highest BCUT2D eigenvalue weighted by molar-refractivity contribution is 5.74. The van der Waals surface area contributed by atoms with Gasteiger partial charge in [0, 0.05) is 31.9 Å². The molecule has 3 rings (SSSR count). The maximum atomic E-state index is 12.3. The molecule has 0 bridgehead atoms. The van der Waals surface area contributed by atoms with Crippen LogP contribution in [0.3, 0.4) is 0 Å². The molecule has 8 nitrogen and oxygen atoms in total. The summed E-state index contributed by atoms with van der Waals surface area (Å²) in [7, 11) is 1.65. The average molecular weight is 402 g/mol. The van der Waals surface area contributed by atoms with Gasteiger partial charge in [-0.3, -0.25) is 4.79 Å². The lowest BCUT2D eigenvalue weighted by atomic mass is 10.1. The number of hydrogen-bond donors (Lipinski definition) is 2. The lowest BCUT2D eigenvalue weighted by Gasteiger charge is -2.37. The number of benzene rings is 1. The molecule has 0 aromatic heterocycles. The molecule has 1 aromatic rings. The number of hydrogen-bond acceptors (Lipinski definition) is 7. The van der Waals surface area contributed by atoms with Gasteiger partial charge in [-0.2, -0.15) is 0 Å². The number of carbonyl (C=O) groups is 2. The van der Waals surface area contributed by atoms with Crippen molar-refractivity contribution in [1.82, 2.24) is 15.5 Å². The largest absolute Gasteiger partial charge is 0.495 e. The molecule has 8 heteroatoms. The van der Waals surface area contributed by atoms with Gasteiger partial charge < -0.3 is 29.9 Å². The van der Waals surface area contributed by atoms with Crippen molar-refractivity contribution in [2.24, 2.45) is 0 Å². The number of nitrogens with one attached hydrogen (secondary N) is 2. The van der Waals surface area contributed by atoms with Crippen LogP contribution in [0.4, 0.5) is 10.5 Å². The summed E-state index contributed by atoms with van der Waals surface area (Å²) in [5, 5.41) is 6.48. The smallest absolute Gasteiger partial charge is 0.410 e. The van der Waals surface area contributed by atoms with Crippen molar-refractivity contribution in [2.45, 2.75) is 39.5 Å². The third-order valence-corrected chi connectivity index (χ3v) is 4.99. The molecule has 0 aliphatic carbocycles. The standard InChI is InChI=1S/C21H30N4O4/c1-14-16(13-26)23-19(22-14)15-6-7-18(28-5)17(12-15)24-8-10-25(11-9-24)20(27)29-21(2,3)4/h6-7,12-13,19,22-23H,8-11H2,1-5H3. The van der Waals surface area contributed by atoms with Gasteiger partial charge in [-0.1, -0.05) is 6.07 Å². The van der Waals surface area contributed by atoms with E-state index in [2.05, 4.69) is 21.6 Å². The number of methoxy groups -OCH3 is 1. The lowest BCUT2D eigenvalue weighted by molar-refractivity contribution is -0.105. The number of carbonyl (C=O) groups excluding carboxylic acids is 2. The Hall–Kier alpha value is -2.90. The van der Waals surface area contributed by atoms with E-state index in [0.717, 1.165) is 29.0 Å². The minimum atomic E-state index is -0.500. The number of allylic oxidation sites excluding steroid dienone is 2. The summed E-state index contributed by atoms with van der Waals surface area (Å²) in [6.45, 7) is 10.0. The van der Waals surface area contributed by atoms with Crippen molar-refractivity contribution in [1.29, 1.82) is 0 Å². The number of anilines is 1. The van der Waals surface area contributed by atoms with Crippen LogP contribution in [0.15, 0.2) is 29.6 Å². The summed E-state index contributed by atoms with van der Waals surface area (Å²) in [6, 6.07) is 5.97. The third-order valence-electron chi connectivity index (χ3n) is 4.99. The van der Waals surface area contributed by atoms with Crippen LogP contribution in [-0.4, -0.2) is 56.2 Å². The van der Waals surface area contributed by atoms with Crippen molar-refractivity contribution in [3.8, 4) is 5.75 Å². The second kappa shape index (κ2) is 8.23. The van der Waals surface area contributed by atoms with Crippen LogP contribution >= 0.6 is 0 Å². The predicted molar refractivity (Wildman–Crippen MR) is 111 cm³/mol. The SMILES string of the molecule is COc1ccc(C2NC(C)=C(C=O)N2)cc1N1CCN(C(=O)OC(C)(C)C)CC1. The molecule has 0 saturated carbocycles. The highest BCUT2D eigenvalue weighted by Crippen LogP contribution is 2.33. The van der Waals surface area contributed by atoms with Crippen LogP contribution in [0.5, 0.6) is 5.75 Å². The summed E-state index contributed by atoms with van der Waals surface area (Å²) in [5.74, 6) is 0.776. The number of rotatable bonds is 4. The van der Waals surface area contributed by atoms with Crippen LogP contribution in [0.1, 0.15) is 39.4 Å². The van der Waals surface area contributed by atoms with Crippen molar-refractivity contribution >= 4 is 18.1 Å². The average Bonchev–Trinajstić information content (AvgIpc) is 3.07. The molecule has 1 atom stereocenters. The van der Waals surface area contributed by atoms with Gasteiger partial charge in [0.1, 0.15) is 17.5 Å². The third kappa shape index (κ3) is 4.75. The predicted octanol–water partition coefficient (Wildman–Crippen LogP) is 2.37. The van der Waals surface area contributed by atoms with Gasteiger partial charge >= 0.3 is 6.09 Å². The van der Waals surface area contributed by atoms with E-state index in [-0.39, 0.29) is 12.3 Å². The Labute approximate surface area is 171 Å². The minimum Gasteiger partial charge on any atom is -0.495 e. The molecule has 0 radical (unpaired) electrons. The highest BCUT2D eigenvalue weighted by Gasteiger charge is 2.28. The van der Waals surface area contributed by atoms with E-state index < -0.39 is 5.60 Å². The quantitative estimate of drug-likeness (QED) is 0.748. The number of ether oxygens (including phenoxy) is 2. The van der Waals surface area contributed by atoms with Crippen LogP contribution in [0.2, 0.25) is 0 Å². The Bertz CT molecular complexity index is 807. The Morgan fingerprint density at radius 3 is 2.41 bits per heavy atom. The first-order chi connectivity index (χ1) is 13.7. The molecule has 1 unspecified atom stereocenters. The number of nitrogens with zero attached hydrogens (tertiary/aromatic N) is 2. The Balaban J connectivity index is 1.71. The number of aldehydes is 1. The van der Waals surface area contributed by atoms with E-state index >= 15 is 0 Å². The molecule has 1 aromatic carbocycles. The topological polar surface area (TPSA) is 83.1 Å². The zero-order valence-electron chi connectivity index (χ0n) is 17.7. The van der Waals surface area contributed by atoms with E-state index in [1.165, 1.54) is 0 Å². The van der Waals surface area contributed by atoms with Crippen molar-refractivity contribution in [3.05, 3.63) is 35.2 Å². The molecule has 2 aliphatic rings. The summed E-state index contributed by atoms with van der Waals surface area (Å²) < 4.78 is 11.0. The molecule has 2 N–H and O–H groups in total. The first-order valence-corrected chi connectivity index (χ1v) is 9.82. The zero-order chi connectivity index (χ0) is 21.2. The van der Waals surface area contributed by atoms with E-state index in [0.29, 0.717) is 31.9 Å². The molecule has 29 heavy (non-hydrogen) atoms. The first kappa shape index (κ1) is 20.8. The Kier molecular flexibility index (Phi) is 5.91. The fourth-order valence-electron chi connectivity index (χ4n) is 3.47. The van der Waals surface area contributed by atoms with Gasteiger partial charge in [0.25, 0.3) is 0 Å². The molecular weight excluding hydrogens is 372 g/mol. The van der Waals surface area contributed by atoms with Gasteiger partial charge in [-0.25, -0.2) is 4.79 Å². The van der Waals surface area contributed by atoms with Crippen molar-refractivity contribution in [2.75, 3.05) is 38.2 Å². The van der Waals surface area contributed by atoms with Crippen molar-refractivity contribution in [3.63, 3.8) is 0 Å². The van der Waals surface area contributed by atoms with Crippen LogP contribution in [-0.2, 0) is 9.53 Å². The first-order valence-electron chi connectivity index (χ1n) is 9.82. The van der Waals surface area contributed by atoms with Crippen LogP contribution in [0, 0.1) is 0 Å². The molecule has 158 valence electrons. The van der Waals surface area contributed by atoms with Gasteiger partial charge in [-0.05, 0) is 45.4 Å². The minimum absolute atomic E-state index is 0.164. The summed E-state index contributed by atoms with van der Waals surface area (Å²) >= 11 is 0. The van der Waals surface area contributed by atoms with Gasteiger partial charge in [0.15, 0.2) is 6.29 Å². The van der Waals surface area contributed by atoms with Gasteiger partial charge in [0.2, 0.25) is 0 Å². The van der Waals surface area contributed by atoms with E-state index in [1.54, 1.807) is 12.0 Å². The van der Waals surface area contributed by atoms with Gasteiger partial charge in [-0.15, -0.1) is 0 Å². The maximum Gasteiger partial charge on any atom is 0.410 e. The van der Waals surface area contributed by atoms with E-state index in [9.17, 15) is 9.59 Å². The molecule has 2 heterocycles. The normalized spacial score (nSPS) is 19.6. The maximum absolute atomic E-state index is 12.3. The van der Waals surface area contributed by atoms with Crippen LogP contribution in [0.25, 0.3) is 0 Å². The highest BCUT2D eigenvalue weighted by atomic mass is 16.6. The van der Waals surface area contributed by atoms with Crippen molar-refractivity contribution < 1.29 is 19.1 Å². The van der Waals surface area contributed by atoms with E-state index in [4.69, 9.17) is 9.47 Å². The molecule has 1 saturated heterocycles. The molecule has 1 amide bonds. The fraction of sp³-hybridized carbons (Fsp3) is 0.524. The number of piperazine rings is 1. The monoisotopic (exact) mass is 402 g/mol. The molecular formula is C21H30N4O4. The second-order valence-corrected chi connectivity index (χ2v) is 8.26. The van der Waals surface area contributed by atoms with E-state index in [1.807, 2.05) is 39.8 Å². The molecule has 2 aliphatic heterocycles. The Morgan fingerprint density at radius 2 is 1.86 bits per heavy atom. The van der Waals surface area contributed by atoms with Gasteiger partial charge in [0.05, 0.1) is 18.5 Å². The summed E-state index contributed by atoms with van der Waals surface area (Å²) in [4.78, 5) is 27.4. The molecule has 0 spiro atoms. The molecule has 1 fully saturated rings. The fourth-order valence-corrected chi connectivity index (χ4v) is 3.47. The second-order valence-electron chi connectivity index (χ2n) is 8.26. The summed E-state index contributed by atoms with van der Waals surface area (Å²) in [6.07, 6.45) is 0.380.